The van der Waals surface area contributed by atoms with Gasteiger partial charge in [0.2, 0.25) is 5.91 Å². The summed E-state index contributed by atoms with van der Waals surface area (Å²) in [5.74, 6) is -0.458. The van der Waals surface area contributed by atoms with E-state index in [9.17, 15) is 4.79 Å². The van der Waals surface area contributed by atoms with Gasteiger partial charge in [-0.05, 0) is 20.3 Å². The summed E-state index contributed by atoms with van der Waals surface area (Å²) in [6.07, 6.45) is 1.16. The van der Waals surface area contributed by atoms with Gasteiger partial charge in [-0.25, -0.2) is 0 Å². The average molecular weight is 215 g/mol. The molecular weight excluding hydrogens is 194 g/mol. The zero-order chi connectivity index (χ0) is 11.5. The molecule has 1 saturated heterocycles. The normalized spacial score (nSPS) is 28.1. The summed E-state index contributed by atoms with van der Waals surface area (Å²) in [6, 6.07) is 0. The van der Waals surface area contributed by atoms with E-state index in [4.69, 9.17) is 16.2 Å². The number of nitrogens with two attached hydrogens (primary N) is 2. The fraction of sp³-hybridized carbons (Fsp3) is 0.900. The number of rotatable bonds is 3. The first kappa shape index (κ1) is 12.4. The molecule has 2 unspecified atom stereocenters. The molecule has 1 fully saturated rings. The summed E-state index contributed by atoms with van der Waals surface area (Å²) >= 11 is 0. The minimum absolute atomic E-state index is 0.191. The number of hydrogen-bond acceptors (Lipinski definition) is 4. The Labute approximate surface area is 90.7 Å². The predicted octanol–water partition coefficient (Wildman–Crippen LogP) is -0.700. The molecule has 0 aromatic carbocycles. The molecule has 1 amide bonds. The molecular formula is C10H21N3O2. The molecule has 1 aliphatic heterocycles. The van der Waals surface area contributed by atoms with Crippen molar-refractivity contribution in [1.29, 1.82) is 0 Å². The van der Waals surface area contributed by atoms with E-state index in [2.05, 4.69) is 4.90 Å². The largest absolute Gasteiger partial charge is 0.377 e. The van der Waals surface area contributed by atoms with Crippen molar-refractivity contribution in [3.63, 3.8) is 0 Å². The van der Waals surface area contributed by atoms with Crippen LogP contribution in [0.3, 0.4) is 0 Å². The maximum absolute atomic E-state index is 11.1. The van der Waals surface area contributed by atoms with Crippen molar-refractivity contribution in [3.8, 4) is 0 Å². The van der Waals surface area contributed by atoms with Gasteiger partial charge in [0, 0.05) is 26.2 Å². The minimum atomic E-state index is -0.954. The highest BCUT2D eigenvalue weighted by Crippen LogP contribution is 2.09. The van der Waals surface area contributed by atoms with Crippen LogP contribution in [-0.4, -0.2) is 48.7 Å². The molecule has 15 heavy (non-hydrogen) atoms. The van der Waals surface area contributed by atoms with E-state index >= 15 is 0 Å². The van der Waals surface area contributed by atoms with Gasteiger partial charge in [0.25, 0.3) is 0 Å². The van der Waals surface area contributed by atoms with Crippen molar-refractivity contribution in [1.82, 2.24) is 4.90 Å². The number of hydrogen-bond donors (Lipinski definition) is 2. The Morgan fingerprint density at radius 1 is 1.67 bits per heavy atom. The quantitative estimate of drug-likeness (QED) is 0.652. The lowest BCUT2D eigenvalue weighted by Gasteiger charge is -2.29. The second-order valence-corrected chi connectivity index (χ2v) is 4.55. The van der Waals surface area contributed by atoms with Crippen molar-refractivity contribution >= 4 is 5.91 Å². The second-order valence-electron chi connectivity index (χ2n) is 4.55. The van der Waals surface area contributed by atoms with Gasteiger partial charge in [-0.15, -0.1) is 0 Å². The van der Waals surface area contributed by atoms with Gasteiger partial charge >= 0.3 is 0 Å². The molecule has 0 spiro atoms. The molecule has 4 N–H and O–H groups in total. The standard InChI is InChI=1S/C10H21N3O2/c1-8-6-13(4-3-5-15-8)7-10(2,12)9(11)14/h8H,3-7,12H2,1-2H3,(H2,11,14). The number of carbonyl (C=O) groups excluding carboxylic acids is 1. The van der Waals surface area contributed by atoms with Crippen LogP contribution in [0.4, 0.5) is 0 Å². The lowest BCUT2D eigenvalue weighted by atomic mass is 10.0. The van der Waals surface area contributed by atoms with Crippen molar-refractivity contribution in [2.75, 3.05) is 26.2 Å². The highest BCUT2D eigenvalue weighted by Gasteiger charge is 2.29. The maximum atomic E-state index is 11.1. The van der Waals surface area contributed by atoms with Crippen LogP contribution in [0.5, 0.6) is 0 Å². The van der Waals surface area contributed by atoms with Crippen molar-refractivity contribution in [3.05, 3.63) is 0 Å². The van der Waals surface area contributed by atoms with Gasteiger partial charge < -0.3 is 16.2 Å². The maximum Gasteiger partial charge on any atom is 0.238 e. The van der Waals surface area contributed by atoms with Crippen LogP contribution in [0.25, 0.3) is 0 Å². The van der Waals surface area contributed by atoms with Crippen LogP contribution >= 0.6 is 0 Å². The Morgan fingerprint density at radius 3 is 2.93 bits per heavy atom. The summed E-state index contributed by atoms with van der Waals surface area (Å²) in [6.45, 7) is 6.68. The van der Waals surface area contributed by atoms with Gasteiger partial charge in [-0.3, -0.25) is 9.69 Å². The summed E-state index contributed by atoms with van der Waals surface area (Å²) in [4.78, 5) is 13.2. The van der Waals surface area contributed by atoms with Crippen molar-refractivity contribution in [2.24, 2.45) is 11.5 Å². The van der Waals surface area contributed by atoms with Gasteiger partial charge in [0.15, 0.2) is 0 Å². The average Bonchev–Trinajstić information content (AvgIpc) is 2.28. The van der Waals surface area contributed by atoms with E-state index in [0.717, 1.165) is 26.1 Å². The van der Waals surface area contributed by atoms with Crippen molar-refractivity contribution < 1.29 is 9.53 Å². The molecule has 5 heteroatoms. The number of amides is 1. The Kier molecular flexibility index (Phi) is 4.07. The predicted molar refractivity (Wildman–Crippen MR) is 58.3 cm³/mol. The Balaban J connectivity index is 2.52. The third-order valence-electron chi connectivity index (χ3n) is 2.65. The molecule has 88 valence electrons. The van der Waals surface area contributed by atoms with E-state index in [1.54, 1.807) is 6.92 Å². The number of carbonyl (C=O) groups is 1. The van der Waals surface area contributed by atoms with Crippen LogP contribution in [-0.2, 0) is 9.53 Å². The highest BCUT2D eigenvalue weighted by atomic mass is 16.5. The molecule has 0 radical (unpaired) electrons. The van der Waals surface area contributed by atoms with Gasteiger partial charge in [0.05, 0.1) is 6.10 Å². The van der Waals surface area contributed by atoms with Gasteiger partial charge in [0.1, 0.15) is 5.54 Å². The van der Waals surface area contributed by atoms with Crippen LogP contribution in [0.1, 0.15) is 20.3 Å². The summed E-state index contributed by atoms with van der Waals surface area (Å²) < 4.78 is 5.51. The molecule has 1 aliphatic rings. The molecule has 0 aromatic rings. The first-order chi connectivity index (χ1) is 6.92. The fourth-order valence-corrected chi connectivity index (χ4v) is 1.77. The van der Waals surface area contributed by atoms with Crippen LogP contribution in [0.2, 0.25) is 0 Å². The SMILES string of the molecule is CC1CN(CC(C)(N)C(N)=O)CCCO1. The zero-order valence-electron chi connectivity index (χ0n) is 9.53. The zero-order valence-corrected chi connectivity index (χ0v) is 9.53. The van der Waals surface area contributed by atoms with Crippen molar-refractivity contribution in [2.45, 2.75) is 31.9 Å². The monoisotopic (exact) mass is 215 g/mol. The topological polar surface area (TPSA) is 81.6 Å². The fourth-order valence-electron chi connectivity index (χ4n) is 1.77. The molecule has 2 atom stereocenters. The van der Waals surface area contributed by atoms with E-state index < -0.39 is 11.4 Å². The molecule has 0 bridgehead atoms. The smallest absolute Gasteiger partial charge is 0.238 e. The minimum Gasteiger partial charge on any atom is -0.377 e. The molecule has 0 aliphatic carbocycles. The molecule has 5 nitrogen and oxygen atoms in total. The third kappa shape index (κ3) is 3.77. The number of nitrogens with zero attached hydrogens (tertiary/aromatic N) is 1. The number of primary amides is 1. The number of ether oxygens (including phenoxy) is 1. The van der Waals surface area contributed by atoms with E-state index in [0.29, 0.717) is 6.54 Å². The highest BCUT2D eigenvalue weighted by molar-refractivity contribution is 5.84. The summed E-state index contributed by atoms with van der Waals surface area (Å²) in [5.41, 5.74) is 10.1. The molecule has 0 aromatic heterocycles. The molecule has 1 rings (SSSR count). The summed E-state index contributed by atoms with van der Waals surface area (Å²) in [7, 11) is 0. The molecule has 1 heterocycles. The lowest BCUT2D eigenvalue weighted by Crippen LogP contribution is -2.57. The third-order valence-corrected chi connectivity index (χ3v) is 2.65. The second kappa shape index (κ2) is 4.92. The first-order valence-corrected chi connectivity index (χ1v) is 5.34. The lowest BCUT2D eigenvalue weighted by molar-refractivity contribution is -0.123. The van der Waals surface area contributed by atoms with Crippen LogP contribution < -0.4 is 11.5 Å². The van der Waals surface area contributed by atoms with Gasteiger partial charge in [-0.1, -0.05) is 0 Å². The summed E-state index contributed by atoms with van der Waals surface area (Å²) in [5, 5.41) is 0. The Hall–Kier alpha value is -0.650. The Morgan fingerprint density at radius 2 is 2.33 bits per heavy atom. The Bertz CT molecular complexity index is 231. The van der Waals surface area contributed by atoms with Gasteiger partial charge in [-0.2, -0.15) is 0 Å². The van der Waals surface area contributed by atoms with E-state index in [1.807, 2.05) is 6.92 Å². The van der Waals surface area contributed by atoms with E-state index in [-0.39, 0.29) is 6.10 Å². The first-order valence-electron chi connectivity index (χ1n) is 5.34. The van der Waals surface area contributed by atoms with Crippen LogP contribution in [0, 0.1) is 0 Å². The van der Waals surface area contributed by atoms with Crippen LogP contribution in [0.15, 0.2) is 0 Å². The van der Waals surface area contributed by atoms with E-state index in [1.165, 1.54) is 0 Å². The molecule has 0 saturated carbocycles.